The molecular weight excluding hydrogens is 300 g/mol. The van der Waals surface area contributed by atoms with Crippen molar-refractivity contribution >= 4 is 32.2 Å². The quantitative estimate of drug-likeness (QED) is 0.930. The van der Waals surface area contributed by atoms with Crippen LogP contribution in [0.2, 0.25) is 0 Å². The van der Waals surface area contributed by atoms with Gasteiger partial charge < -0.3 is 4.74 Å². The Morgan fingerprint density at radius 2 is 2.05 bits per heavy atom. The molecule has 0 aliphatic rings. The van der Waals surface area contributed by atoms with Gasteiger partial charge in [-0.1, -0.05) is 23.5 Å². The van der Waals surface area contributed by atoms with Crippen LogP contribution in [-0.4, -0.2) is 32.7 Å². The molecule has 0 fully saturated rings. The van der Waals surface area contributed by atoms with Crippen molar-refractivity contribution in [2.75, 3.05) is 18.7 Å². The molecule has 0 radical (unpaired) electrons. The predicted octanol–water partition coefficient (Wildman–Crippen LogP) is 1.81. The average Bonchev–Trinajstić information content (AvgIpc) is 2.87. The molecule has 1 heterocycles. The maximum absolute atomic E-state index is 12.1. The van der Waals surface area contributed by atoms with Crippen LogP contribution in [0.25, 0.3) is 0 Å². The van der Waals surface area contributed by atoms with Crippen molar-refractivity contribution in [1.29, 1.82) is 0 Å². The van der Waals surface area contributed by atoms with Crippen molar-refractivity contribution in [3.05, 3.63) is 36.0 Å². The SMILES string of the molecule is COc1ccccc1C(=O)Nc1ncc(S(C)(=O)=O)s1. The number of methoxy groups -OCH3 is 1. The van der Waals surface area contributed by atoms with E-state index in [1.165, 1.54) is 13.3 Å². The van der Waals surface area contributed by atoms with Crippen LogP contribution in [0.5, 0.6) is 5.75 Å². The second-order valence-corrected chi connectivity index (χ2v) is 7.18. The van der Waals surface area contributed by atoms with Gasteiger partial charge in [0.05, 0.1) is 18.9 Å². The third-order valence-corrected chi connectivity index (χ3v) is 5.12. The molecule has 8 heteroatoms. The van der Waals surface area contributed by atoms with Crippen molar-refractivity contribution < 1.29 is 17.9 Å². The minimum absolute atomic E-state index is 0.104. The number of benzene rings is 1. The fraction of sp³-hybridized carbons (Fsp3) is 0.167. The lowest BCUT2D eigenvalue weighted by Gasteiger charge is -2.06. The summed E-state index contributed by atoms with van der Waals surface area (Å²) in [7, 11) is -1.85. The molecule has 0 aliphatic carbocycles. The summed E-state index contributed by atoms with van der Waals surface area (Å²) in [5, 5.41) is 2.77. The Hall–Kier alpha value is -1.93. The minimum atomic E-state index is -3.32. The van der Waals surface area contributed by atoms with E-state index in [0.717, 1.165) is 17.6 Å². The number of ether oxygens (including phenoxy) is 1. The van der Waals surface area contributed by atoms with Gasteiger partial charge in [-0.05, 0) is 12.1 Å². The molecule has 1 aromatic carbocycles. The maximum atomic E-state index is 12.1. The molecule has 2 rings (SSSR count). The van der Waals surface area contributed by atoms with E-state index in [1.807, 2.05) is 0 Å². The van der Waals surface area contributed by atoms with Crippen molar-refractivity contribution in [3.63, 3.8) is 0 Å². The van der Waals surface area contributed by atoms with E-state index >= 15 is 0 Å². The summed E-state index contributed by atoms with van der Waals surface area (Å²) >= 11 is 0.904. The highest BCUT2D eigenvalue weighted by Crippen LogP contribution is 2.24. The lowest BCUT2D eigenvalue weighted by atomic mass is 10.2. The van der Waals surface area contributed by atoms with E-state index in [-0.39, 0.29) is 9.34 Å². The molecule has 0 saturated heterocycles. The second kappa shape index (κ2) is 5.59. The molecular formula is C12H12N2O4S2. The van der Waals surface area contributed by atoms with Crippen LogP contribution in [0.3, 0.4) is 0 Å². The smallest absolute Gasteiger partial charge is 0.261 e. The van der Waals surface area contributed by atoms with Gasteiger partial charge in [0, 0.05) is 6.26 Å². The zero-order chi connectivity index (χ0) is 14.8. The number of anilines is 1. The van der Waals surface area contributed by atoms with Crippen LogP contribution in [0.1, 0.15) is 10.4 Å². The van der Waals surface area contributed by atoms with Crippen molar-refractivity contribution in [3.8, 4) is 5.75 Å². The minimum Gasteiger partial charge on any atom is -0.496 e. The number of para-hydroxylation sites is 1. The lowest BCUT2D eigenvalue weighted by Crippen LogP contribution is -2.12. The molecule has 0 spiro atoms. The summed E-state index contributed by atoms with van der Waals surface area (Å²) < 4.78 is 27.9. The zero-order valence-corrected chi connectivity index (χ0v) is 12.4. The Kier molecular flexibility index (Phi) is 4.05. The van der Waals surface area contributed by atoms with Crippen molar-refractivity contribution in [2.24, 2.45) is 0 Å². The first kappa shape index (κ1) is 14.5. The molecule has 6 nitrogen and oxygen atoms in total. The van der Waals surface area contributed by atoms with Crippen LogP contribution >= 0.6 is 11.3 Å². The Bertz CT molecular complexity index is 737. The van der Waals surface area contributed by atoms with E-state index < -0.39 is 15.7 Å². The Balaban J connectivity index is 2.22. The second-order valence-electron chi connectivity index (χ2n) is 3.91. The topological polar surface area (TPSA) is 85.4 Å². The number of carbonyl (C=O) groups excluding carboxylic acids is 1. The number of nitrogens with zero attached hydrogens (tertiary/aromatic N) is 1. The van der Waals surface area contributed by atoms with Crippen molar-refractivity contribution in [2.45, 2.75) is 4.21 Å². The number of hydrogen-bond donors (Lipinski definition) is 1. The van der Waals surface area contributed by atoms with Gasteiger partial charge in [0.2, 0.25) is 0 Å². The fourth-order valence-electron chi connectivity index (χ4n) is 1.49. The van der Waals surface area contributed by atoms with Crippen LogP contribution in [-0.2, 0) is 9.84 Å². The van der Waals surface area contributed by atoms with Gasteiger partial charge in [0.25, 0.3) is 5.91 Å². The van der Waals surface area contributed by atoms with Gasteiger partial charge in [-0.2, -0.15) is 0 Å². The van der Waals surface area contributed by atoms with E-state index in [9.17, 15) is 13.2 Å². The maximum Gasteiger partial charge on any atom is 0.261 e. The Morgan fingerprint density at radius 3 is 2.65 bits per heavy atom. The van der Waals surface area contributed by atoms with E-state index in [2.05, 4.69) is 10.3 Å². The molecule has 0 unspecified atom stereocenters. The van der Waals surface area contributed by atoms with Gasteiger partial charge in [0.1, 0.15) is 9.96 Å². The summed E-state index contributed by atoms with van der Waals surface area (Å²) in [5.74, 6) is 0.0294. The molecule has 1 amide bonds. The number of amides is 1. The van der Waals surface area contributed by atoms with Gasteiger partial charge in [-0.3, -0.25) is 10.1 Å². The van der Waals surface area contributed by atoms with Crippen LogP contribution in [0.15, 0.2) is 34.7 Å². The first-order valence-corrected chi connectivity index (χ1v) is 8.23. The lowest BCUT2D eigenvalue weighted by molar-refractivity contribution is 0.102. The molecule has 1 N–H and O–H groups in total. The number of rotatable bonds is 4. The highest BCUT2D eigenvalue weighted by atomic mass is 32.2. The van der Waals surface area contributed by atoms with E-state index in [1.54, 1.807) is 24.3 Å². The van der Waals surface area contributed by atoms with Gasteiger partial charge in [-0.15, -0.1) is 0 Å². The number of thiazole rings is 1. The third-order valence-electron chi connectivity index (χ3n) is 2.42. The first-order valence-electron chi connectivity index (χ1n) is 5.52. The normalized spacial score (nSPS) is 11.1. The average molecular weight is 312 g/mol. The standard InChI is InChI=1S/C12H12N2O4S2/c1-18-9-6-4-3-5-8(9)11(15)14-12-13-7-10(19-12)20(2,16)17/h3-7H,1-2H3,(H,13,14,15). The molecule has 0 bridgehead atoms. The number of hydrogen-bond acceptors (Lipinski definition) is 6. The molecule has 2 aromatic rings. The third kappa shape index (κ3) is 3.14. The van der Waals surface area contributed by atoms with Gasteiger partial charge in [-0.25, -0.2) is 13.4 Å². The van der Waals surface area contributed by atoms with E-state index in [4.69, 9.17) is 4.74 Å². The monoisotopic (exact) mass is 312 g/mol. The van der Waals surface area contributed by atoms with Crippen LogP contribution < -0.4 is 10.1 Å². The number of sulfone groups is 1. The molecule has 20 heavy (non-hydrogen) atoms. The summed E-state index contributed by atoms with van der Waals surface area (Å²) in [6, 6.07) is 6.74. The molecule has 0 aliphatic heterocycles. The molecule has 0 atom stereocenters. The molecule has 106 valence electrons. The van der Waals surface area contributed by atoms with Crippen LogP contribution in [0.4, 0.5) is 5.13 Å². The Labute approximate surface area is 120 Å². The summed E-state index contributed by atoms with van der Waals surface area (Å²) in [4.78, 5) is 15.9. The fourth-order valence-corrected chi connectivity index (χ4v) is 3.12. The summed E-state index contributed by atoms with van der Waals surface area (Å²) in [6.07, 6.45) is 2.31. The number of nitrogens with one attached hydrogen (secondary N) is 1. The predicted molar refractivity (Wildman–Crippen MR) is 76.2 cm³/mol. The van der Waals surface area contributed by atoms with Gasteiger partial charge >= 0.3 is 0 Å². The van der Waals surface area contributed by atoms with Crippen LogP contribution in [0, 0.1) is 0 Å². The number of aromatic nitrogens is 1. The first-order chi connectivity index (χ1) is 9.41. The van der Waals surface area contributed by atoms with Gasteiger partial charge in [0.15, 0.2) is 15.0 Å². The number of carbonyl (C=O) groups is 1. The van der Waals surface area contributed by atoms with Crippen molar-refractivity contribution in [1.82, 2.24) is 4.98 Å². The van der Waals surface area contributed by atoms with E-state index in [0.29, 0.717) is 11.3 Å². The summed E-state index contributed by atoms with van der Waals surface area (Å²) in [5.41, 5.74) is 0.353. The highest BCUT2D eigenvalue weighted by Gasteiger charge is 2.16. The molecule has 0 saturated carbocycles. The highest BCUT2D eigenvalue weighted by molar-refractivity contribution is 7.92. The Morgan fingerprint density at radius 1 is 1.35 bits per heavy atom. The largest absolute Gasteiger partial charge is 0.496 e. The molecule has 1 aromatic heterocycles. The summed E-state index contributed by atoms with van der Waals surface area (Å²) in [6.45, 7) is 0. The zero-order valence-electron chi connectivity index (χ0n) is 10.8.